The monoisotopic (exact) mass is 364 g/mol. The van der Waals surface area contributed by atoms with Crippen LogP contribution in [0.2, 0.25) is 0 Å². The van der Waals surface area contributed by atoms with Crippen LogP contribution in [-0.4, -0.2) is 32.8 Å². The molecule has 1 saturated carbocycles. The molecule has 1 aliphatic rings. The van der Waals surface area contributed by atoms with Crippen LogP contribution in [0.5, 0.6) is 0 Å². The second-order valence-electron chi connectivity index (χ2n) is 4.94. The van der Waals surface area contributed by atoms with Gasteiger partial charge in [0.15, 0.2) is 0 Å². The van der Waals surface area contributed by atoms with Gasteiger partial charge in [0.05, 0.1) is 14.9 Å². The summed E-state index contributed by atoms with van der Waals surface area (Å²) < 4.78 is 36.3. The summed E-state index contributed by atoms with van der Waals surface area (Å²) in [5, 5.41) is 5.01. The highest BCUT2D eigenvalue weighted by Crippen LogP contribution is 2.31. The van der Waals surface area contributed by atoms with Gasteiger partial charge in [-0.3, -0.25) is 4.79 Å². The molecule has 0 spiro atoms. The molecule has 0 bridgehead atoms. The molecule has 1 aromatic carbocycles. The predicted octanol–water partition coefficient (Wildman–Crippen LogP) is 1.72. The van der Waals surface area contributed by atoms with Gasteiger partial charge in [0.1, 0.15) is 5.82 Å². The van der Waals surface area contributed by atoms with Gasteiger partial charge < -0.3 is 4.90 Å². The zero-order valence-corrected chi connectivity index (χ0v) is 13.2. The van der Waals surface area contributed by atoms with E-state index < -0.39 is 26.6 Å². The number of primary sulfonamides is 1. The molecule has 1 amide bonds. The van der Waals surface area contributed by atoms with E-state index in [1.165, 1.54) is 4.90 Å². The van der Waals surface area contributed by atoms with Gasteiger partial charge in [-0.2, -0.15) is 0 Å². The van der Waals surface area contributed by atoms with Gasteiger partial charge in [0.2, 0.25) is 10.0 Å². The number of carbonyl (C=O) groups excluding carboxylic acids is 1. The van der Waals surface area contributed by atoms with Crippen LogP contribution in [0, 0.1) is 11.7 Å². The Bertz CT molecular complexity index is 659. The molecule has 1 fully saturated rings. The summed E-state index contributed by atoms with van der Waals surface area (Å²) in [7, 11) is -2.50. The summed E-state index contributed by atoms with van der Waals surface area (Å²) >= 11 is 3.03. The van der Waals surface area contributed by atoms with Crippen molar-refractivity contribution in [2.75, 3.05) is 13.6 Å². The molecule has 0 heterocycles. The number of halogens is 2. The summed E-state index contributed by atoms with van der Waals surface area (Å²) in [4.78, 5) is 13.3. The minimum absolute atomic E-state index is 0.00551. The van der Waals surface area contributed by atoms with Gasteiger partial charge in [-0.25, -0.2) is 17.9 Å². The Morgan fingerprint density at radius 1 is 1.50 bits per heavy atom. The van der Waals surface area contributed by atoms with E-state index in [2.05, 4.69) is 15.9 Å². The first kappa shape index (κ1) is 15.4. The molecule has 5 nitrogen and oxygen atoms in total. The SMILES string of the molecule is CN(CC1CC1)C(=O)c1cc(F)cc(S(N)(=O)=O)c1Br. The van der Waals surface area contributed by atoms with Crippen LogP contribution < -0.4 is 5.14 Å². The van der Waals surface area contributed by atoms with Crippen molar-refractivity contribution < 1.29 is 17.6 Å². The van der Waals surface area contributed by atoms with Gasteiger partial charge in [0, 0.05) is 13.6 Å². The predicted molar refractivity (Wildman–Crippen MR) is 75.2 cm³/mol. The van der Waals surface area contributed by atoms with Crippen LogP contribution in [0.3, 0.4) is 0 Å². The maximum atomic E-state index is 13.5. The van der Waals surface area contributed by atoms with Crippen LogP contribution in [0.4, 0.5) is 4.39 Å². The highest BCUT2D eigenvalue weighted by molar-refractivity contribution is 9.10. The maximum absolute atomic E-state index is 13.5. The first-order valence-electron chi connectivity index (χ1n) is 5.97. The molecule has 1 aliphatic carbocycles. The number of rotatable bonds is 4. The van der Waals surface area contributed by atoms with Crippen molar-refractivity contribution in [3.8, 4) is 0 Å². The second kappa shape index (κ2) is 5.42. The Hall–Kier alpha value is -0.990. The highest BCUT2D eigenvalue weighted by Gasteiger charge is 2.28. The van der Waals surface area contributed by atoms with Crippen molar-refractivity contribution in [1.82, 2.24) is 4.90 Å². The molecule has 2 N–H and O–H groups in total. The number of hydrogen-bond acceptors (Lipinski definition) is 3. The van der Waals surface area contributed by atoms with Crippen LogP contribution in [0.25, 0.3) is 0 Å². The molecule has 0 unspecified atom stereocenters. The minimum Gasteiger partial charge on any atom is -0.341 e. The lowest BCUT2D eigenvalue weighted by atomic mass is 10.2. The summed E-state index contributed by atoms with van der Waals surface area (Å²) in [5.41, 5.74) is -0.0443. The third-order valence-corrected chi connectivity index (χ3v) is 5.17. The van der Waals surface area contributed by atoms with E-state index in [1.54, 1.807) is 7.05 Å². The lowest BCUT2D eigenvalue weighted by Crippen LogP contribution is -2.29. The van der Waals surface area contributed by atoms with Crippen molar-refractivity contribution in [2.24, 2.45) is 11.1 Å². The summed E-state index contributed by atoms with van der Waals surface area (Å²) in [6.07, 6.45) is 2.15. The van der Waals surface area contributed by atoms with E-state index in [1.807, 2.05) is 0 Å². The largest absolute Gasteiger partial charge is 0.341 e. The average Bonchev–Trinajstić information content (AvgIpc) is 3.13. The molecular formula is C12H14BrFN2O3S. The van der Waals surface area contributed by atoms with Gasteiger partial charge in [0.25, 0.3) is 5.91 Å². The first-order chi connectivity index (χ1) is 9.20. The van der Waals surface area contributed by atoms with E-state index in [0.717, 1.165) is 25.0 Å². The van der Waals surface area contributed by atoms with Crippen LogP contribution in [-0.2, 0) is 10.0 Å². The Morgan fingerprint density at radius 2 is 2.10 bits per heavy atom. The van der Waals surface area contributed by atoms with Crippen molar-refractivity contribution in [3.05, 3.63) is 28.0 Å². The Balaban J connectivity index is 2.40. The zero-order chi connectivity index (χ0) is 15.1. The molecule has 0 saturated heterocycles. The number of nitrogens with two attached hydrogens (primary N) is 1. The second-order valence-corrected chi connectivity index (χ2v) is 7.26. The van der Waals surface area contributed by atoms with Crippen molar-refractivity contribution in [3.63, 3.8) is 0 Å². The molecule has 1 aromatic rings. The van der Waals surface area contributed by atoms with Crippen molar-refractivity contribution in [2.45, 2.75) is 17.7 Å². The van der Waals surface area contributed by atoms with E-state index in [0.29, 0.717) is 12.5 Å². The van der Waals surface area contributed by atoms with E-state index in [-0.39, 0.29) is 10.0 Å². The summed E-state index contributed by atoms with van der Waals surface area (Å²) in [6.45, 7) is 0.576. The summed E-state index contributed by atoms with van der Waals surface area (Å²) in [6, 6.07) is 1.79. The highest BCUT2D eigenvalue weighted by atomic mass is 79.9. The van der Waals surface area contributed by atoms with Gasteiger partial charge in [-0.15, -0.1) is 0 Å². The Kier molecular flexibility index (Phi) is 4.17. The lowest BCUT2D eigenvalue weighted by molar-refractivity contribution is 0.0787. The molecule has 0 aromatic heterocycles. The number of sulfonamides is 1. The van der Waals surface area contributed by atoms with Crippen LogP contribution >= 0.6 is 15.9 Å². The average molecular weight is 365 g/mol. The van der Waals surface area contributed by atoms with Crippen molar-refractivity contribution in [1.29, 1.82) is 0 Å². The molecule has 0 aliphatic heterocycles. The molecule has 110 valence electrons. The van der Waals surface area contributed by atoms with Gasteiger partial charge >= 0.3 is 0 Å². The van der Waals surface area contributed by atoms with Crippen LogP contribution in [0.15, 0.2) is 21.5 Å². The fourth-order valence-corrected chi connectivity index (χ4v) is 3.62. The number of hydrogen-bond donors (Lipinski definition) is 1. The topological polar surface area (TPSA) is 80.5 Å². The molecule has 0 atom stereocenters. The fraction of sp³-hybridized carbons (Fsp3) is 0.417. The number of benzene rings is 1. The standard InChI is InChI=1S/C12H14BrFN2O3S/c1-16(6-7-2-3-7)12(17)9-4-8(14)5-10(11(9)13)20(15,18)19/h4-5,7H,2-3,6H2,1H3,(H2,15,18,19). The lowest BCUT2D eigenvalue weighted by Gasteiger charge is -2.18. The molecule has 20 heavy (non-hydrogen) atoms. The van der Waals surface area contributed by atoms with Crippen LogP contribution in [0.1, 0.15) is 23.2 Å². The van der Waals surface area contributed by atoms with E-state index in [4.69, 9.17) is 5.14 Å². The third kappa shape index (κ3) is 3.36. The number of carbonyl (C=O) groups is 1. The van der Waals surface area contributed by atoms with E-state index in [9.17, 15) is 17.6 Å². The molecule has 0 radical (unpaired) electrons. The number of nitrogens with zero attached hydrogens (tertiary/aromatic N) is 1. The zero-order valence-electron chi connectivity index (χ0n) is 10.8. The number of amides is 1. The van der Waals surface area contributed by atoms with Gasteiger partial charge in [-0.1, -0.05) is 0 Å². The first-order valence-corrected chi connectivity index (χ1v) is 8.31. The molecule has 2 rings (SSSR count). The molecular weight excluding hydrogens is 351 g/mol. The van der Waals surface area contributed by atoms with Crippen molar-refractivity contribution >= 4 is 31.9 Å². The fourth-order valence-electron chi connectivity index (χ4n) is 1.90. The smallest absolute Gasteiger partial charge is 0.254 e. The summed E-state index contributed by atoms with van der Waals surface area (Å²) in [5.74, 6) is -0.775. The van der Waals surface area contributed by atoms with E-state index >= 15 is 0 Å². The Morgan fingerprint density at radius 3 is 2.60 bits per heavy atom. The maximum Gasteiger partial charge on any atom is 0.254 e. The minimum atomic E-state index is -4.11. The Labute approximate surface area is 125 Å². The third-order valence-electron chi connectivity index (χ3n) is 3.12. The normalized spacial score (nSPS) is 15.2. The molecule has 8 heteroatoms. The quantitative estimate of drug-likeness (QED) is 0.882. The van der Waals surface area contributed by atoms with Gasteiger partial charge in [-0.05, 0) is 46.8 Å².